The second-order valence-electron chi connectivity index (χ2n) is 9.00. The van der Waals surface area contributed by atoms with Crippen LogP contribution in [-0.4, -0.2) is 15.3 Å². The van der Waals surface area contributed by atoms with Crippen molar-refractivity contribution in [3.63, 3.8) is 0 Å². The van der Waals surface area contributed by atoms with Gasteiger partial charge in [-0.1, -0.05) is 59.4 Å². The Morgan fingerprint density at radius 3 is 2.85 bits per heavy atom. The van der Waals surface area contributed by atoms with Crippen molar-refractivity contribution in [3.8, 4) is 11.3 Å². The molecule has 0 fully saturated rings. The molecule has 6 rings (SSSR count). The van der Waals surface area contributed by atoms with Crippen molar-refractivity contribution in [1.82, 2.24) is 14.7 Å². The zero-order valence-electron chi connectivity index (χ0n) is 18.8. The number of benzene rings is 3. The van der Waals surface area contributed by atoms with Gasteiger partial charge in [0.25, 0.3) is 5.91 Å². The molecule has 2 heterocycles. The molecule has 4 nitrogen and oxygen atoms in total. The number of thiazole rings is 1. The van der Waals surface area contributed by atoms with E-state index in [-0.39, 0.29) is 11.9 Å². The summed E-state index contributed by atoms with van der Waals surface area (Å²) in [6.45, 7) is 4.24. The van der Waals surface area contributed by atoms with Crippen molar-refractivity contribution in [2.45, 2.75) is 39.2 Å². The Labute approximate surface area is 196 Å². The first-order chi connectivity index (χ1) is 16.1. The fraction of sp³-hybridized carbons (Fsp3) is 0.214. The lowest BCUT2D eigenvalue weighted by atomic mass is 9.87. The van der Waals surface area contributed by atoms with Crippen molar-refractivity contribution in [2.24, 2.45) is 0 Å². The van der Waals surface area contributed by atoms with E-state index >= 15 is 0 Å². The number of carbonyl (C=O) groups excluding carboxylic acids is 1. The minimum Gasteiger partial charge on any atom is -0.345 e. The second kappa shape index (κ2) is 7.85. The minimum absolute atomic E-state index is 0.0133. The van der Waals surface area contributed by atoms with Crippen LogP contribution < -0.4 is 5.32 Å². The third-order valence-electron chi connectivity index (χ3n) is 6.69. The Morgan fingerprint density at radius 2 is 1.97 bits per heavy atom. The molecule has 2 aromatic heterocycles. The van der Waals surface area contributed by atoms with Crippen molar-refractivity contribution in [3.05, 3.63) is 94.7 Å². The van der Waals surface area contributed by atoms with Crippen LogP contribution >= 0.6 is 11.3 Å². The van der Waals surface area contributed by atoms with E-state index < -0.39 is 0 Å². The normalized spacial score (nSPS) is 15.6. The van der Waals surface area contributed by atoms with E-state index in [1.807, 2.05) is 18.2 Å². The van der Waals surface area contributed by atoms with Crippen LogP contribution in [0.1, 0.15) is 51.5 Å². The maximum Gasteiger partial charge on any atom is 0.251 e. The number of nitrogens with one attached hydrogen (secondary N) is 1. The van der Waals surface area contributed by atoms with Crippen LogP contribution in [0.25, 0.3) is 26.4 Å². The molecule has 0 spiro atoms. The summed E-state index contributed by atoms with van der Waals surface area (Å²) in [5.74, 6) is -0.0133. The molecule has 5 aromatic rings. The maximum atomic E-state index is 13.1. The average molecular weight is 452 g/mol. The number of aryl methyl sites for hydroxylation is 3. The molecule has 0 saturated heterocycles. The molecule has 1 aliphatic rings. The third-order valence-corrected chi connectivity index (χ3v) is 7.71. The monoisotopic (exact) mass is 451 g/mol. The smallest absolute Gasteiger partial charge is 0.251 e. The van der Waals surface area contributed by atoms with Crippen LogP contribution in [0.3, 0.4) is 0 Å². The van der Waals surface area contributed by atoms with Gasteiger partial charge >= 0.3 is 0 Å². The van der Waals surface area contributed by atoms with Gasteiger partial charge in [0.15, 0.2) is 4.96 Å². The van der Waals surface area contributed by atoms with E-state index in [4.69, 9.17) is 4.98 Å². The molecular weight excluding hydrogens is 426 g/mol. The molecule has 0 saturated carbocycles. The van der Waals surface area contributed by atoms with Gasteiger partial charge in [-0.15, -0.1) is 0 Å². The number of rotatable bonds is 3. The Hall–Kier alpha value is -3.44. The Morgan fingerprint density at radius 1 is 1.09 bits per heavy atom. The van der Waals surface area contributed by atoms with Crippen molar-refractivity contribution < 1.29 is 4.79 Å². The molecule has 0 aliphatic heterocycles. The van der Waals surface area contributed by atoms with Gasteiger partial charge in [-0.2, -0.15) is 0 Å². The van der Waals surface area contributed by atoms with Crippen LogP contribution in [0.4, 0.5) is 0 Å². The second-order valence-corrected chi connectivity index (χ2v) is 10.0. The number of imidazole rings is 1. The van der Waals surface area contributed by atoms with Crippen molar-refractivity contribution >= 4 is 32.4 Å². The molecule has 164 valence electrons. The standard InChI is InChI=1S/C28H25N3OS/c1-17-10-12-21(18(2)14-17)24-16-31-25-13-11-20(15-26(25)33-28(31)30-24)27(32)29-23-9-5-7-19-6-3-4-8-22(19)23/h3-4,6,8,10-16,23H,5,7,9H2,1-2H3,(H,29,32)/t23-/m1/s1. The summed E-state index contributed by atoms with van der Waals surface area (Å²) in [5.41, 5.74) is 9.02. The summed E-state index contributed by atoms with van der Waals surface area (Å²) in [4.78, 5) is 18.9. The topological polar surface area (TPSA) is 46.4 Å². The quantitative estimate of drug-likeness (QED) is 0.334. The lowest BCUT2D eigenvalue weighted by Gasteiger charge is -2.26. The van der Waals surface area contributed by atoms with Gasteiger partial charge in [-0.25, -0.2) is 4.98 Å². The van der Waals surface area contributed by atoms with Gasteiger partial charge in [0.2, 0.25) is 0 Å². The van der Waals surface area contributed by atoms with Gasteiger partial charge in [0.1, 0.15) is 0 Å². The molecule has 0 radical (unpaired) electrons. The van der Waals surface area contributed by atoms with Crippen LogP contribution in [0.5, 0.6) is 0 Å². The molecular formula is C28H25N3OS. The first-order valence-corrected chi connectivity index (χ1v) is 12.3. The number of hydrogen-bond donors (Lipinski definition) is 1. The molecule has 1 aliphatic carbocycles. The fourth-order valence-corrected chi connectivity index (χ4v) is 6.07. The summed E-state index contributed by atoms with van der Waals surface area (Å²) in [7, 11) is 0. The fourth-order valence-electron chi connectivity index (χ4n) is 5.02. The summed E-state index contributed by atoms with van der Waals surface area (Å²) < 4.78 is 3.20. The molecule has 5 heteroatoms. The molecule has 0 unspecified atom stereocenters. The number of carbonyl (C=O) groups is 1. The molecule has 1 amide bonds. The summed E-state index contributed by atoms with van der Waals surface area (Å²) in [5, 5.41) is 3.27. The first kappa shape index (κ1) is 20.2. The first-order valence-electron chi connectivity index (χ1n) is 11.4. The van der Waals surface area contributed by atoms with Crippen molar-refractivity contribution in [1.29, 1.82) is 0 Å². The maximum absolute atomic E-state index is 13.1. The van der Waals surface area contributed by atoms with Crippen LogP contribution in [0.2, 0.25) is 0 Å². The van der Waals surface area contributed by atoms with E-state index in [0.29, 0.717) is 5.56 Å². The van der Waals surface area contributed by atoms with E-state index in [0.717, 1.165) is 45.7 Å². The van der Waals surface area contributed by atoms with Crippen LogP contribution in [0, 0.1) is 13.8 Å². The highest BCUT2D eigenvalue weighted by molar-refractivity contribution is 7.23. The van der Waals surface area contributed by atoms with Gasteiger partial charge in [-0.05, 0) is 68.0 Å². The van der Waals surface area contributed by atoms with Crippen LogP contribution in [-0.2, 0) is 6.42 Å². The molecule has 33 heavy (non-hydrogen) atoms. The summed E-state index contributed by atoms with van der Waals surface area (Å²) in [6, 6.07) is 21.0. The minimum atomic E-state index is -0.0133. The third kappa shape index (κ3) is 3.53. The highest BCUT2D eigenvalue weighted by Crippen LogP contribution is 2.33. The SMILES string of the molecule is Cc1ccc(-c2cn3c(n2)sc2cc(C(=O)N[C@@H]4CCCc5ccccc54)ccc23)c(C)c1. The highest BCUT2D eigenvalue weighted by atomic mass is 32.1. The molecule has 0 bridgehead atoms. The van der Waals surface area contributed by atoms with E-state index in [1.54, 1.807) is 11.3 Å². The van der Waals surface area contributed by atoms with E-state index in [1.165, 1.54) is 22.3 Å². The molecule has 1 N–H and O–H groups in total. The van der Waals surface area contributed by atoms with Crippen LogP contribution in [0.15, 0.2) is 66.9 Å². The average Bonchev–Trinajstić information content (AvgIpc) is 3.36. The number of amides is 1. The van der Waals surface area contributed by atoms with E-state index in [2.05, 4.69) is 72.2 Å². The molecule has 3 aromatic carbocycles. The lowest BCUT2D eigenvalue weighted by Crippen LogP contribution is -2.30. The summed E-state index contributed by atoms with van der Waals surface area (Å²) >= 11 is 1.62. The predicted octanol–water partition coefficient (Wildman–Crippen LogP) is 6.64. The Bertz CT molecular complexity index is 1530. The number of aromatic nitrogens is 2. The van der Waals surface area contributed by atoms with Gasteiger partial charge in [0.05, 0.1) is 22.0 Å². The largest absolute Gasteiger partial charge is 0.345 e. The Kier molecular flexibility index (Phi) is 4.80. The predicted molar refractivity (Wildman–Crippen MR) is 135 cm³/mol. The zero-order chi connectivity index (χ0) is 22.5. The van der Waals surface area contributed by atoms with Gasteiger partial charge in [-0.3, -0.25) is 9.20 Å². The lowest BCUT2D eigenvalue weighted by molar-refractivity contribution is 0.0933. The highest BCUT2D eigenvalue weighted by Gasteiger charge is 2.22. The summed E-state index contributed by atoms with van der Waals surface area (Å²) in [6.07, 6.45) is 5.28. The van der Waals surface area contributed by atoms with Gasteiger partial charge < -0.3 is 5.32 Å². The van der Waals surface area contributed by atoms with Crippen molar-refractivity contribution in [2.75, 3.05) is 0 Å². The number of hydrogen-bond acceptors (Lipinski definition) is 3. The molecule has 1 atom stereocenters. The van der Waals surface area contributed by atoms with Gasteiger partial charge in [0, 0.05) is 17.3 Å². The number of nitrogens with zero attached hydrogens (tertiary/aromatic N) is 2. The zero-order valence-corrected chi connectivity index (χ0v) is 19.6. The Balaban J connectivity index is 1.30. The number of fused-ring (bicyclic) bond motifs is 4. The van der Waals surface area contributed by atoms with E-state index in [9.17, 15) is 4.79 Å².